The van der Waals surface area contributed by atoms with Gasteiger partial charge < -0.3 is 10.1 Å². The molecule has 0 unspecified atom stereocenters. The number of carbonyl (C=O) groups excluding carboxylic acids is 1. The molecule has 2 aliphatic rings. The van der Waals surface area contributed by atoms with Crippen molar-refractivity contribution in [3.8, 4) is 0 Å². The van der Waals surface area contributed by atoms with Gasteiger partial charge in [0.2, 0.25) is 10.0 Å². The molecule has 0 saturated carbocycles. The second-order valence-corrected chi connectivity index (χ2v) is 9.59. The highest BCUT2D eigenvalue weighted by molar-refractivity contribution is 7.89. The van der Waals surface area contributed by atoms with Crippen molar-refractivity contribution >= 4 is 27.5 Å². The molecule has 1 atom stereocenters. The fraction of sp³-hybridized carbons (Fsp3) is 0.381. The summed E-state index contributed by atoms with van der Waals surface area (Å²) in [6, 6.07) is 12.4. The van der Waals surface area contributed by atoms with E-state index < -0.39 is 10.0 Å². The van der Waals surface area contributed by atoms with E-state index in [0.29, 0.717) is 13.2 Å². The van der Waals surface area contributed by atoms with Crippen molar-refractivity contribution in [2.45, 2.75) is 30.2 Å². The average Bonchev–Trinajstić information content (AvgIpc) is 2.75. The van der Waals surface area contributed by atoms with Gasteiger partial charge in [-0.05, 0) is 48.6 Å². The molecule has 1 heterocycles. The van der Waals surface area contributed by atoms with E-state index in [1.54, 1.807) is 6.07 Å². The highest BCUT2D eigenvalue weighted by Gasteiger charge is 2.29. The Balaban J connectivity index is 1.58. The second kappa shape index (κ2) is 8.44. The van der Waals surface area contributed by atoms with E-state index in [2.05, 4.69) is 11.4 Å². The Bertz CT molecular complexity index is 1020. The maximum atomic E-state index is 13.0. The summed E-state index contributed by atoms with van der Waals surface area (Å²) in [6.07, 6.45) is 2.86. The van der Waals surface area contributed by atoms with Crippen LogP contribution in [0.15, 0.2) is 47.4 Å². The number of fused-ring (bicyclic) bond motifs is 1. The lowest BCUT2D eigenvalue weighted by molar-refractivity contribution is 0.0730. The van der Waals surface area contributed by atoms with Gasteiger partial charge in [-0.3, -0.25) is 4.79 Å². The lowest BCUT2D eigenvalue weighted by Gasteiger charge is -2.27. The molecule has 2 aromatic rings. The summed E-state index contributed by atoms with van der Waals surface area (Å²) in [5, 5.41) is 3.17. The highest BCUT2D eigenvalue weighted by atomic mass is 35.5. The number of nitrogens with one attached hydrogen (secondary N) is 1. The molecule has 1 aliphatic heterocycles. The fourth-order valence-corrected chi connectivity index (χ4v) is 5.82. The number of rotatable bonds is 4. The molecule has 0 bridgehead atoms. The van der Waals surface area contributed by atoms with Gasteiger partial charge in [-0.15, -0.1) is 0 Å². The molecule has 2 aromatic carbocycles. The maximum absolute atomic E-state index is 13.0. The normalized spacial score (nSPS) is 20.1. The fourth-order valence-electron chi connectivity index (χ4n) is 3.91. The van der Waals surface area contributed by atoms with Crippen molar-refractivity contribution in [3.05, 3.63) is 64.2 Å². The summed E-state index contributed by atoms with van der Waals surface area (Å²) < 4.78 is 32.6. The first-order valence-corrected chi connectivity index (χ1v) is 11.5. The third-order valence-corrected chi connectivity index (χ3v) is 7.84. The third-order valence-electron chi connectivity index (χ3n) is 5.46. The summed E-state index contributed by atoms with van der Waals surface area (Å²) in [6.45, 7) is 1.23. The zero-order chi connectivity index (χ0) is 20.4. The Hall–Kier alpha value is -1.93. The Labute approximate surface area is 175 Å². The van der Waals surface area contributed by atoms with Gasteiger partial charge in [0.05, 0.1) is 24.3 Å². The number of hydrogen-bond acceptors (Lipinski definition) is 4. The third kappa shape index (κ3) is 4.19. The predicted molar refractivity (Wildman–Crippen MR) is 111 cm³/mol. The molecule has 0 spiro atoms. The van der Waals surface area contributed by atoms with Gasteiger partial charge in [-0.2, -0.15) is 4.31 Å². The van der Waals surface area contributed by atoms with Crippen LogP contribution in [0.4, 0.5) is 0 Å². The molecule has 1 amide bonds. The van der Waals surface area contributed by atoms with Crippen molar-refractivity contribution in [2.75, 3.05) is 26.3 Å². The molecule has 4 rings (SSSR count). The van der Waals surface area contributed by atoms with Crippen molar-refractivity contribution in [1.82, 2.24) is 9.62 Å². The number of halogens is 1. The highest BCUT2D eigenvalue weighted by Crippen LogP contribution is 2.30. The van der Waals surface area contributed by atoms with Crippen LogP contribution in [0.3, 0.4) is 0 Å². The second-order valence-electron chi connectivity index (χ2n) is 7.28. The minimum absolute atomic E-state index is 0.0437. The van der Waals surface area contributed by atoms with Crippen LogP contribution in [0.5, 0.6) is 0 Å². The average molecular weight is 435 g/mol. The van der Waals surface area contributed by atoms with E-state index in [9.17, 15) is 13.2 Å². The van der Waals surface area contributed by atoms with E-state index in [-0.39, 0.29) is 40.5 Å². The molecular formula is C21H23ClN2O4S. The number of carbonyl (C=O) groups is 1. The molecule has 8 heteroatoms. The minimum Gasteiger partial charge on any atom is -0.379 e. The first-order chi connectivity index (χ1) is 14.0. The number of hydrogen-bond donors (Lipinski definition) is 1. The van der Waals surface area contributed by atoms with Gasteiger partial charge in [-0.1, -0.05) is 35.9 Å². The first kappa shape index (κ1) is 20.3. The van der Waals surface area contributed by atoms with Crippen LogP contribution < -0.4 is 5.32 Å². The van der Waals surface area contributed by atoms with Crippen LogP contribution >= 0.6 is 11.6 Å². The zero-order valence-corrected chi connectivity index (χ0v) is 17.5. The summed E-state index contributed by atoms with van der Waals surface area (Å²) >= 11 is 6.19. The van der Waals surface area contributed by atoms with Gasteiger partial charge >= 0.3 is 0 Å². The Morgan fingerprint density at radius 1 is 1.14 bits per heavy atom. The first-order valence-electron chi connectivity index (χ1n) is 9.73. The molecule has 154 valence electrons. The van der Waals surface area contributed by atoms with Crippen LogP contribution in [0.1, 0.15) is 40.4 Å². The van der Waals surface area contributed by atoms with Crippen LogP contribution in [-0.2, 0) is 21.2 Å². The quantitative estimate of drug-likeness (QED) is 0.801. The smallest absolute Gasteiger partial charge is 0.251 e. The molecule has 1 aliphatic carbocycles. The maximum Gasteiger partial charge on any atom is 0.251 e. The van der Waals surface area contributed by atoms with Crippen LogP contribution in [0.25, 0.3) is 0 Å². The summed E-state index contributed by atoms with van der Waals surface area (Å²) in [5.41, 5.74) is 2.65. The van der Waals surface area contributed by atoms with Gasteiger partial charge in [0.15, 0.2) is 0 Å². The largest absolute Gasteiger partial charge is 0.379 e. The molecular weight excluding hydrogens is 412 g/mol. The molecule has 1 fully saturated rings. The van der Waals surface area contributed by atoms with Crippen LogP contribution in [-0.4, -0.2) is 44.9 Å². The Morgan fingerprint density at radius 2 is 1.90 bits per heavy atom. The molecule has 29 heavy (non-hydrogen) atoms. The number of amides is 1. The van der Waals surface area contributed by atoms with Crippen molar-refractivity contribution in [1.29, 1.82) is 0 Å². The van der Waals surface area contributed by atoms with Crippen LogP contribution in [0, 0.1) is 0 Å². The van der Waals surface area contributed by atoms with E-state index in [0.717, 1.165) is 24.8 Å². The Morgan fingerprint density at radius 3 is 2.69 bits per heavy atom. The van der Waals surface area contributed by atoms with Gasteiger partial charge in [0.25, 0.3) is 5.91 Å². The summed E-state index contributed by atoms with van der Waals surface area (Å²) in [7, 11) is -3.79. The SMILES string of the molecule is O=C(N[C@H]1CCCc2ccccc21)c1ccc(Cl)c(S(=O)(=O)N2CCOCC2)c1. The Kier molecular flexibility index (Phi) is 5.92. The topological polar surface area (TPSA) is 75.7 Å². The van der Waals surface area contributed by atoms with Gasteiger partial charge in [-0.25, -0.2) is 8.42 Å². The number of ether oxygens (including phenoxy) is 1. The molecule has 1 N–H and O–H groups in total. The van der Waals surface area contributed by atoms with Crippen molar-refractivity contribution in [2.24, 2.45) is 0 Å². The molecule has 1 saturated heterocycles. The standard InChI is InChI=1S/C21H23ClN2O4S/c22-18-9-8-16(14-20(18)29(26,27)24-10-12-28-13-11-24)21(25)23-19-7-3-5-15-4-1-2-6-17(15)19/h1-2,4,6,8-9,14,19H,3,5,7,10-13H2,(H,23,25)/t19-/m0/s1. The summed E-state index contributed by atoms with van der Waals surface area (Å²) in [5.74, 6) is -0.304. The van der Waals surface area contributed by atoms with E-state index in [1.807, 2.05) is 18.2 Å². The van der Waals surface area contributed by atoms with Gasteiger partial charge in [0.1, 0.15) is 4.90 Å². The monoisotopic (exact) mass is 434 g/mol. The number of aryl methyl sites for hydroxylation is 1. The van der Waals surface area contributed by atoms with E-state index >= 15 is 0 Å². The van der Waals surface area contributed by atoms with Crippen molar-refractivity contribution < 1.29 is 17.9 Å². The van der Waals surface area contributed by atoms with E-state index in [4.69, 9.17) is 16.3 Å². The molecule has 0 aromatic heterocycles. The van der Waals surface area contributed by atoms with Crippen molar-refractivity contribution in [3.63, 3.8) is 0 Å². The lowest BCUT2D eigenvalue weighted by atomic mass is 9.87. The number of morpholine rings is 1. The van der Waals surface area contributed by atoms with E-state index in [1.165, 1.54) is 22.0 Å². The predicted octanol–water partition coefficient (Wildman–Crippen LogP) is 3.17. The lowest BCUT2D eigenvalue weighted by Crippen LogP contribution is -2.40. The number of nitrogens with zero attached hydrogens (tertiary/aromatic N) is 1. The number of sulfonamides is 1. The summed E-state index contributed by atoms with van der Waals surface area (Å²) in [4.78, 5) is 12.9. The minimum atomic E-state index is -3.79. The number of benzene rings is 2. The van der Waals surface area contributed by atoms with Crippen LogP contribution in [0.2, 0.25) is 5.02 Å². The zero-order valence-electron chi connectivity index (χ0n) is 15.9. The molecule has 6 nitrogen and oxygen atoms in total. The molecule has 0 radical (unpaired) electrons. The van der Waals surface area contributed by atoms with Gasteiger partial charge in [0, 0.05) is 18.7 Å².